The maximum absolute atomic E-state index is 13.8. The van der Waals surface area contributed by atoms with Gasteiger partial charge in [0.2, 0.25) is 5.95 Å². The van der Waals surface area contributed by atoms with Crippen LogP contribution in [0.4, 0.5) is 19.1 Å². The van der Waals surface area contributed by atoms with Gasteiger partial charge in [-0.25, -0.2) is 27.7 Å². The average Bonchev–Trinajstić information content (AvgIpc) is 2.98. The number of fused-ring (bicyclic) bond motifs is 1. The van der Waals surface area contributed by atoms with E-state index < -0.39 is 12.2 Å². The predicted molar refractivity (Wildman–Crippen MR) is 101 cm³/mol. The number of aromatic nitrogens is 4. The van der Waals surface area contributed by atoms with Gasteiger partial charge in [-0.3, -0.25) is 4.31 Å². The first-order chi connectivity index (χ1) is 13.3. The third-order valence-corrected chi connectivity index (χ3v) is 4.48. The Kier molecular flexibility index (Phi) is 6.37. The molecule has 0 bridgehead atoms. The summed E-state index contributed by atoms with van der Waals surface area (Å²) in [6.07, 6.45) is 0.395. The minimum absolute atomic E-state index is 0.0561. The zero-order valence-electron chi connectivity index (χ0n) is 14.7. The molecule has 1 atom stereocenters. The molecule has 0 aliphatic carbocycles. The molecular formula is C17H19F3N6OS. The third-order valence-electron chi connectivity index (χ3n) is 4.12. The summed E-state index contributed by atoms with van der Waals surface area (Å²) in [7, 11) is 0. The van der Waals surface area contributed by atoms with Gasteiger partial charge >= 0.3 is 0 Å². The number of rotatable bonds is 2. The van der Waals surface area contributed by atoms with Gasteiger partial charge in [0.15, 0.2) is 5.82 Å². The maximum atomic E-state index is 13.8. The quantitative estimate of drug-likeness (QED) is 0.561. The summed E-state index contributed by atoms with van der Waals surface area (Å²) >= 11 is 4.09. The third kappa shape index (κ3) is 4.72. The van der Waals surface area contributed by atoms with Crippen molar-refractivity contribution in [2.24, 2.45) is 0 Å². The van der Waals surface area contributed by atoms with E-state index in [4.69, 9.17) is 10.8 Å². The predicted octanol–water partition coefficient (Wildman–Crippen LogP) is 2.74. The molecule has 1 fully saturated rings. The molecule has 11 heteroatoms. The number of hydrogen-bond acceptors (Lipinski definition) is 7. The maximum Gasteiger partial charge on any atom is 0.280 e. The highest BCUT2D eigenvalue weighted by Crippen LogP contribution is 2.25. The van der Waals surface area contributed by atoms with Crippen molar-refractivity contribution >= 4 is 24.3 Å². The number of aliphatic hydroxyl groups excluding tert-OH is 1. The van der Waals surface area contributed by atoms with Crippen LogP contribution in [-0.2, 0) is 0 Å². The molecule has 0 saturated carbocycles. The van der Waals surface area contributed by atoms with Gasteiger partial charge in [0.25, 0.3) is 6.43 Å². The Morgan fingerprint density at radius 3 is 2.75 bits per heavy atom. The second-order valence-corrected chi connectivity index (χ2v) is 6.81. The van der Waals surface area contributed by atoms with E-state index in [9.17, 15) is 13.2 Å². The first-order valence-corrected chi connectivity index (χ1v) is 8.92. The summed E-state index contributed by atoms with van der Waals surface area (Å²) in [6, 6.07) is 5.27. The van der Waals surface area contributed by atoms with Crippen LogP contribution in [0.2, 0.25) is 0 Å². The fraction of sp³-hybridized carbons (Fsp3) is 0.353. The number of nitrogens with two attached hydrogens (primary N) is 1. The van der Waals surface area contributed by atoms with Crippen molar-refractivity contribution in [2.75, 3.05) is 18.8 Å². The molecule has 4 rings (SSSR count). The molecule has 7 nitrogen and oxygen atoms in total. The standard InChI is InChI=1S/C12H8F3N5.C5H11NOS/c13-6-4-9(20-10(6)5-17-12(16)19-20)7-2-1-3-8(18-7)11(14)15;7-5-2-1-3-6(8)4-5/h1-5,11H,(H2,16,19);5,7-8H,1-4H2. The van der Waals surface area contributed by atoms with E-state index in [1.54, 1.807) is 0 Å². The molecule has 150 valence electrons. The number of alkyl halides is 2. The number of piperidine rings is 1. The molecule has 1 unspecified atom stereocenters. The number of aliphatic hydroxyl groups is 1. The van der Waals surface area contributed by atoms with Gasteiger partial charge in [-0.2, -0.15) is 0 Å². The lowest BCUT2D eigenvalue weighted by molar-refractivity contribution is 0.113. The summed E-state index contributed by atoms with van der Waals surface area (Å²) in [5.41, 5.74) is 5.57. The number of halogens is 3. The van der Waals surface area contributed by atoms with Crippen LogP contribution in [0.25, 0.3) is 16.9 Å². The highest BCUT2D eigenvalue weighted by molar-refractivity contribution is 7.77. The van der Waals surface area contributed by atoms with Crippen molar-refractivity contribution in [2.45, 2.75) is 25.4 Å². The highest BCUT2D eigenvalue weighted by atomic mass is 32.1. The van der Waals surface area contributed by atoms with Crippen LogP contribution in [-0.4, -0.2) is 48.2 Å². The molecule has 0 amide bonds. The first kappa shape index (κ1) is 20.4. The van der Waals surface area contributed by atoms with Gasteiger partial charge in [-0.15, -0.1) is 5.10 Å². The summed E-state index contributed by atoms with van der Waals surface area (Å²) in [5.74, 6) is -0.636. The van der Waals surface area contributed by atoms with Crippen LogP contribution in [0.15, 0.2) is 30.5 Å². The lowest BCUT2D eigenvalue weighted by Crippen LogP contribution is -2.31. The zero-order valence-corrected chi connectivity index (χ0v) is 15.6. The molecule has 0 radical (unpaired) electrons. The van der Waals surface area contributed by atoms with E-state index >= 15 is 0 Å². The topological polar surface area (TPSA) is 92.6 Å². The van der Waals surface area contributed by atoms with Crippen molar-refractivity contribution in [3.63, 3.8) is 0 Å². The molecule has 1 aliphatic heterocycles. The van der Waals surface area contributed by atoms with Gasteiger partial charge in [-0.1, -0.05) is 18.9 Å². The number of anilines is 1. The lowest BCUT2D eigenvalue weighted by Gasteiger charge is -2.24. The molecule has 1 saturated heterocycles. The number of thiol groups is 1. The summed E-state index contributed by atoms with van der Waals surface area (Å²) in [5, 5.41) is 12.9. The summed E-state index contributed by atoms with van der Waals surface area (Å²) in [4.78, 5) is 7.48. The molecule has 3 aromatic heterocycles. The van der Waals surface area contributed by atoms with Crippen LogP contribution in [0.1, 0.15) is 25.0 Å². The zero-order chi connectivity index (χ0) is 20.3. The Morgan fingerprint density at radius 1 is 1.32 bits per heavy atom. The number of nitrogen functional groups attached to an aromatic ring is 1. The van der Waals surface area contributed by atoms with E-state index in [0.717, 1.165) is 32.0 Å². The van der Waals surface area contributed by atoms with E-state index in [2.05, 4.69) is 27.9 Å². The normalized spacial score (nSPS) is 17.6. The van der Waals surface area contributed by atoms with E-state index in [0.29, 0.717) is 0 Å². The van der Waals surface area contributed by atoms with Gasteiger partial charge in [0.05, 0.1) is 23.7 Å². The molecule has 4 heterocycles. The molecule has 3 aromatic rings. The second kappa shape index (κ2) is 8.76. The average molecular weight is 412 g/mol. The number of β-amino-alcohol motifs (C(OH)–C–C–N with tert-alkyl or cyclic N) is 1. The van der Waals surface area contributed by atoms with Gasteiger partial charge in [0.1, 0.15) is 11.2 Å². The molecule has 3 N–H and O–H groups in total. The van der Waals surface area contributed by atoms with E-state index in [-0.39, 0.29) is 34.7 Å². The second-order valence-electron chi connectivity index (χ2n) is 6.25. The lowest BCUT2D eigenvalue weighted by atomic mass is 10.1. The largest absolute Gasteiger partial charge is 0.392 e. The van der Waals surface area contributed by atoms with Gasteiger partial charge < -0.3 is 10.8 Å². The van der Waals surface area contributed by atoms with E-state index in [1.165, 1.54) is 28.9 Å². The van der Waals surface area contributed by atoms with Crippen molar-refractivity contribution < 1.29 is 18.3 Å². The Hall–Kier alpha value is -2.37. The van der Waals surface area contributed by atoms with Crippen LogP contribution >= 0.6 is 12.8 Å². The fourth-order valence-corrected chi connectivity index (χ4v) is 3.13. The van der Waals surface area contributed by atoms with Gasteiger partial charge in [-0.05, 0) is 25.0 Å². The monoisotopic (exact) mass is 412 g/mol. The summed E-state index contributed by atoms with van der Waals surface area (Å²) in [6.45, 7) is 1.74. The fourth-order valence-electron chi connectivity index (χ4n) is 2.80. The number of hydrogen-bond donors (Lipinski definition) is 3. The van der Waals surface area contributed by atoms with Crippen LogP contribution in [0.5, 0.6) is 0 Å². The van der Waals surface area contributed by atoms with Crippen molar-refractivity contribution in [1.82, 2.24) is 23.9 Å². The van der Waals surface area contributed by atoms with Gasteiger partial charge in [0, 0.05) is 19.2 Å². The number of pyridine rings is 1. The Labute approximate surface area is 164 Å². The Balaban J connectivity index is 0.000000236. The van der Waals surface area contributed by atoms with Crippen LogP contribution in [0, 0.1) is 5.82 Å². The SMILES string of the molecule is Nc1ncc2c(F)cc(-c3cccc(C(F)F)n3)n2n1.OC1CCCN(S)C1. The van der Waals surface area contributed by atoms with Crippen molar-refractivity contribution in [3.05, 3.63) is 42.0 Å². The molecular weight excluding hydrogens is 393 g/mol. The van der Waals surface area contributed by atoms with Crippen LogP contribution < -0.4 is 5.73 Å². The Morgan fingerprint density at radius 2 is 2.11 bits per heavy atom. The van der Waals surface area contributed by atoms with Crippen molar-refractivity contribution in [1.29, 1.82) is 0 Å². The smallest absolute Gasteiger partial charge is 0.280 e. The number of nitrogens with zero attached hydrogens (tertiary/aromatic N) is 5. The minimum atomic E-state index is -2.70. The molecule has 0 spiro atoms. The summed E-state index contributed by atoms with van der Waals surface area (Å²) < 4.78 is 42.1. The van der Waals surface area contributed by atoms with Crippen molar-refractivity contribution in [3.8, 4) is 11.4 Å². The Bertz CT molecular complexity index is 946. The molecule has 0 aromatic carbocycles. The molecule has 1 aliphatic rings. The first-order valence-electron chi connectivity index (χ1n) is 8.52. The highest BCUT2D eigenvalue weighted by Gasteiger charge is 2.16. The van der Waals surface area contributed by atoms with E-state index in [1.807, 2.05) is 4.31 Å². The van der Waals surface area contributed by atoms with Crippen LogP contribution in [0.3, 0.4) is 0 Å². The minimum Gasteiger partial charge on any atom is -0.392 e. The molecule has 28 heavy (non-hydrogen) atoms.